The molecule has 0 bridgehead atoms. The van der Waals surface area contributed by atoms with E-state index in [2.05, 4.69) is 19.2 Å². The summed E-state index contributed by atoms with van der Waals surface area (Å²) in [7, 11) is 0. The van der Waals surface area contributed by atoms with Crippen molar-refractivity contribution in [2.24, 2.45) is 5.92 Å². The molecular weight excluding hydrogens is 267 g/mol. The molecule has 0 unspecified atom stereocenters. The van der Waals surface area contributed by atoms with Gasteiger partial charge in [0.15, 0.2) is 0 Å². The molecule has 0 radical (unpaired) electrons. The second kappa shape index (κ2) is 8.65. The van der Waals surface area contributed by atoms with Crippen LogP contribution in [0.5, 0.6) is 0 Å². The third-order valence-electron chi connectivity index (χ3n) is 3.90. The molecule has 21 heavy (non-hydrogen) atoms. The first-order valence-electron chi connectivity index (χ1n) is 7.90. The Kier molecular flexibility index (Phi) is 7.20. The van der Waals surface area contributed by atoms with E-state index in [-0.39, 0.29) is 11.7 Å². The third kappa shape index (κ3) is 4.45. The lowest BCUT2D eigenvalue weighted by Gasteiger charge is -2.26. The molecule has 0 aliphatic heterocycles. The van der Waals surface area contributed by atoms with Gasteiger partial charge in [-0.3, -0.25) is 4.79 Å². The Labute approximate surface area is 127 Å². The van der Waals surface area contributed by atoms with E-state index in [0.29, 0.717) is 30.3 Å². The van der Waals surface area contributed by atoms with Gasteiger partial charge in [-0.25, -0.2) is 4.39 Å². The summed E-state index contributed by atoms with van der Waals surface area (Å²) in [6, 6.07) is 4.67. The molecule has 3 nitrogen and oxygen atoms in total. The Hall–Kier alpha value is -1.58. The molecule has 0 aliphatic carbocycles. The Morgan fingerprint density at radius 2 is 1.90 bits per heavy atom. The van der Waals surface area contributed by atoms with E-state index in [1.54, 1.807) is 12.1 Å². The van der Waals surface area contributed by atoms with E-state index in [0.717, 1.165) is 19.4 Å². The van der Waals surface area contributed by atoms with Crippen molar-refractivity contribution in [1.82, 2.24) is 4.90 Å². The number of amides is 1. The molecule has 1 rings (SSSR count). The summed E-state index contributed by atoms with van der Waals surface area (Å²) in [4.78, 5) is 14.5. The summed E-state index contributed by atoms with van der Waals surface area (Å²) in [6.45, 7) is 10.1. The lowest BCUT2D eigenvalue weighted by molar-refractivity contribution is 0.0735. The number of nitrogens with one attached hydrogen (secondary N) is 1. The monoisotopic (exact) mass is 294 g/mol. The number of hydrogen-bond acceptors (Lipinski definition) is 2. The van der Waals surface area contributed by atoms with Crippen molar-refractivity contribution in [3.05, 3.63) is 29.6 Å². The maximum absolute atomic E-state index is 13.9. The first kappa shape index (κ1) is 17.5. The van der Waals surface area contributed by atoms with E-state index >= 15 is 0 Å². The molecule has 1 amide bonds. The minimum atomic E-state index is -0.374. The van der Waals surface area contributed by atoms with Gasteiger partial charge in [0.1, 0.15) is 5.82 Å². The van der Waals surface area contributed by atoms with Crippen molar-refractivity contribution in [1.29, 1.82) is 0 Å². The molecule has 1 N–H and O–H groups in total. The SMILES string of the molecule is CCNc1c(F)cccc1C(=O)N(CC)CC(CC)CC. The highest BCUT2D eigenvalue weighted by Crippen LogP contribution is 2.22. The highest BCUT2D eigenvalue weighted by molar-refractivity contribution is 5.99. The molecule has 0 aromatic heterocycles. The van der Waals surface area contributed by atoms with Crippen LogP contribution in [0, 0.1) is 11.7 Å². The van der Waals surface area contributed by atoms with Crippen LogP contribution in [-0.2, 0) is 0 Å². The summed E-state index contributed by atoms with van der Waals surface area (Å²) >= 11 is 0. The average Bonchev–Trinajstić information content (AvgIpc) is 2.50. The first-order chi connectivity index (χ1) is 10.1. The number of halogens is 1. The molecule has 4 heteroatoms. The van der Waals surface area contributed by atoms with Crippen LogP contribution in [0.4, 0.5) is 10.1 Å². The molecule has 0 saturated carbocycles. The zero-order valence-electron chi connectivity index (χ0n) is 13.6. The van der Waals surface area contributed by atoms with E-state index in [1.165, 1.54) is 6.07 Å². The largest absolute Gasteiger partial charge is 0.382 e. The topological polar surface area (TPSA) is 32.3 Å². The van der Waals surface area contributed by atoms with Crippen LogP contribution < -0.4 is 5.32 Å². The average molecular weight is 294 g/mol. The fourth-order valence-corrected chi connectivity index (χ4v) is 2.44. The molecule has 0 fully saturated rings. The van der Waals surface area contributed by atoms with E-state index in [9.17, 15) is 9.18 Å². The number of benzene rings is 1. The highest BCUT2D eigenvalue weighted by atomic mass is 19.1. The summed E-state index contributed by atoms with van der Waals surface area (Å²) in [5.41, 5.74) is 0.734. The molecule has 0 aliphatic rings. The lowest BCUT2D eigenvalue weighted by atomic mass is 10.0. The van der Waals surface area contributed by atoms with E-state index in [1.807, 2.05) is 18.7 Å². The number of hydrogen-bond donors (Lipinski definition) is 1. The van der Waals surface area contributed by atoms with Crippen LogP contribution in [0.1, 0.15) is 50.9 Å². The Morgan fingerprint density at radius 1 is 1.24 bits per heavy atom. The van der Waals surface area contributed by atoms with Crippen LogP contribution >= 0.6 is 0 Å². The van der Waals surface area contributed by atoms with Gasteiger partial charge in [-0.15, -0.1) is 0 Å². The van der Waals surface area contributed by atoms with Gasteiger partial charge in [0, 0.05) is 19.6 Å². The summed E-state index contributed by atoms with van der Waals surface area (Å²) < 4.78 is 13.9. The molecule has 0 heterocycles. The number of rotatable bonds is 8. The predicted octanol–water partition coefficient (Wildman–Crippen LogP) is 4.16. The van der Waals surface area contributed by atoms with Crippen molar-refractivity contribution in [3.8, 4) is 0 Å². The predicted molar refractivity (Wildman–Crippen MR) is 86.2 cm³/mol. The normalized spacial score (nSPS) is 10.8. The van der Waals surface area contributed by atoms with Gasteiger partial charge in [-0.05, 0) is 31.9 Å². The van der Waals surface area contributed by atoms with Gasteiger partial charge in [0.05, 0.1) is 11.3 Å². The standard InChI is InChI=1S/C17H27FN2O/c1-5-13(6-2)12-20(8-4)17(21)14-10-9-11-15(18)16(14)19-7-3/h9-11,13,19H,5-8,12H2,1-4H3. The van der Waals surface area contributed by atoms with Gasteiger partial charge in [0.25, 0.3) is 5.91 Å². The van der Waals surface area contributed by atoms with Gasteiger partial charge in [-0.1, -0.05) is 32.8 Å². The Balaban J connectivity index is 3.02. The van der Waals surface area contributed by atoms with Crippen LogP contribution in [0.3, 0.4) is 0 Å². The molecular formula is C17H27FN2O. The van der Waals surface area contributed by atoms with Crippen molar-refractivity contribution in [2.75, 3.05) is 25.0 Å². The van der Waals surface area contributed by atoms with Crippen LogP contribution in [0.15, 0.2) is 18.2 Å². The molecule has 0 spiro atoms. The number of carbonyl (C=O) groups is 1. The number of carbonyl (C=O) groups excluding carboxylic acids is 1. The summed E-state index contributed by atoms with van der Waals surface area (Å²) in [6.07, 6.45) is 2.09. The smallest absolute Gasteiger partial charge is 0.256 e. The second-order valence-electron chi connectivity index (χ2n) is 5.22. The highest BCUT2D eigenvalue weighted by Gasteiger charge is 2.21. The van der Waals surface area contributed by atoms with Crippen molar-refractivity contribution in [2.45, 2.75) is 40.5 Å². The lowest BCUT2D eigenvalue weighted by Crippen LogP contribution is -2.35. The Bertz CT molecular complexity index is 458. The molecule has 1 aromatic carbocycles. The number of para-hydroxylation sites is 1. The van der Waals surface area contributed by atoms with Crippen molar-refractivity contribution in [3.63, 3.8) is 0 Å². The molecule has 0 saturated heterocycles. The summed E-state index contributed by atoms with van der Waals surface area (Å²) in [5, 5.41) is 2.96. The zero-order chi connectivity index (χ0) is 15.8. The minimum Gasteiger partial charge on any atom is -0.382 e. The minimum absolute atomic E-state index is 0.0974. The molecule has 118 valence electrons. The van der Waals surface area contributed by atoms with Crippen LogP contribution in [0.2, 0.25) is 0 Å². The van der Waals surface area contributed by atoms with E-state index in [4.69, 9.17) is 0 Å². The fourth-order valence-electron chi connectivity index (χ4n) is 2.44. The second-order valence-corrected chi connectivity index (χ2v) is 5.22. The maximum atomic E-state index is 13.9. The van der Waals surface area contributed by atoms with E-state index < -0.39 is 0 Å². The zero-order valence-corrected chi connectivity index (χ0v) is 13.6. The summed E-state index contributed by atoms with van der Waals surface area (Å²) in [5.74, 6) is 0.0196. The molecule has 1 aromatic rings. The first-order valence-corrected chi connectivity index (χ1v) is 7.90. The molecule has 0 atom stereocenters. The van der Waals surface area contributed by atoms with Crippen LogP contribution in [-0.4, -0.2) is 30.4 Å². The number of anilines is 1. The van der Waals surface area contributed by atoms with Gasteiger partial charge < -0.3 is 10.2 Å². The third-order valence-corrected chi connectivity index (χ3v) is 3.90. The van der Waals surface area contributed by atoms with Gasteiger partial charge in [0.2, 0.25) is 0 Å². The van der Waals surface area contributed by atoms with Gasteiger partial charge in [-0.2, -0.15) is 0 Å². The van der Waals surface area contributed by atoms with Gasteiger partial charge >= 0.3 is 0 Å². The van der Waals surface area contributed by atoms with Crippen molar-refractivity contribution >= 4 is 11.6 Å². The maximum Gasteiger partial charge on any atom is 0.256 e. The van der Waals surface area contributed by atoms with Crippen LogP contribution in [0.25, 0.3) is 0 Å². The number of nitrogens with zero attached hydrogens (tertiary/aromatic N) is 1. The Morgan fingerprint density at radius 3 is 2.43 bits per heavy atom. The quantitative estimate of drug-likeness (QED) is 0.781. The fraction of sp³-hybridized carbons (Fsp3) is 0.588. The van der Waals surface area contributed by atoms with Crippen molar-refractivity contribution < 1.29 is 9.18 Å².